The van der Waals surface area contributed by atoms with E-state index in [0.717, 1.165) is 52.8 Å². The zero-order valence-corrected chi connectivity index (χ0v) is 18.2. The number of carbonyl (C=O) groups is 1. The number of fused-ring (bicyclic) bond motifs is 1. The molecule has 0 spiro atoms. The molecule has 2 unspecified atom stereocenters. The highest BCUT2D eigenvalue weighted by Gasteiger charge is 2.34. The summed E-state index contributed by atoms with van der Waals surface area (Å²) in [5.41, 5.74) is 5.69. The number of benzene rings is 3. The molecule has 3 aromatic rings. The summed E-state index contributed by atoms with van der Waals surface area (Å²) in [6, 6.07) is 19.5. The zero-order valence-electron chi connectivity index (χ0n) is 18.2. The second-order valence-corrected chi connectivity index (χ2v) is 9.16. The fourth-order valence-electron chi connectivity index (χ4n) is 4.87. The molecule has 3 nitrogen and oxygen atoms in total. The lowest BCUT2D eigenvalue weighted by molar-refractivity contribution is -0.137. The molecule has 164 valence electrons. The monoisotopic (exact) mass is 430 g/mol. The van der Waals surface area contributed by atoms with Crippen LogP contribution in [0.2, 0.25) is 0 Å². The quantitative estimate of drug-likeness (QED) is 0.466. The molecule has 1 heterocycles. The highest BCUT2D eigenvalue weighted by Crippen LogP contribution is 2.46. The number of halogens is 1. The molecule has 5 rings (SSSR count). The van der Waals surface area contributed by atoms with Crippen molar-refractivity contribution >= 4 is 5.97 Å². The Bertz CT molecular complexity index is 1170. The van der Waals surface area contributed by atoms with Gasteiger partial charge in [-0.2, -0.15) is 0 Å². The van der Waals surface area contributed by atoms with Crippen LogP contribution in [0.15, 0.2) is 60.7 Å². The Morgan fingerprint density at radius 3 is 2.59 bits per heavy atom. The Hall–Kier alpha value is -3.14. The molecule has 1 aliphatic carbocycles. The van der Waals surface area contributed by atoms with E-state index in [1.54, 1.807) is 6.07 Å². The predicted octanol–water partition coefficient (Wildman–Crippen LogP) is 6.84. The maximum atomic E-state index is 15.1. The third kappa shape index (κ3) is 4.27. The molecule has 0 amide bonds. The molecule has 3 aromatic carbocycles. The van der Waals surface area contributed by atoms with Gasteiger partial charge in [0.1, 0.15) is 17.7 Å². The van der Waals surface area contributed by atoms with Gasteiger partial charge in [-0.15, -0.1) is 0 Å². The molecule has 0 saturated heterocycles. The summed E-state index contributed by atoms with van der Waals surface area (Å²) < 4.78 is 21.4. The molecule has 1 saturated carbocycles. The standard InChI is InChI=1S/C28H27FO3/c1-17-3-2-4-20(13-17)21-9-11-23(25(29)14-21)26-12-10-19-7-8-22(15-27(19)32-26)24(16-28(30)31)18-5-6-18/h2-4,7-9,11,13-15,18,24,26H,5-6,10,12,16H2,1H3,(H,30,31). The van der Waals surface area contributed by atoms with E-state index >= 15 is 4.39 Å². The normalized spacial score (nSPS) is 18.5. The highest BCUT2D eigenvalue weighted by molar-refractivity contribution is 5.68. The lowest BCUT2D eigenvalue weighted by Crippen LogP contribution is -2.17. The summed E-state index contributed by atoms with van der Waals surface area (Å²) in [6.45, 7) is 2.03. The van der Waals surface area contributed by atoms with Gasteiger partial charge in [-0.1, -0.05) is 54.1 Å². The Balaban J connectivity index is 1.39. The van der Waals surface area contributed by atoms with E-state index < -0.39 is 5.97 Å². The SMILES string of the molecule is Cc1cccc(-c2ccc(C3CCc4ccc(C(CC(=O)O)C5CC5)cc4O3)c(F)c2)c1. The van der Waals surface area contributed by atoms with Gasteiger partial charge in [-0.05, 0) is 78.8 Å². The first-order valence-electron chi connectivity index (χ1n) is 11.4. The minimum absolute atomic E-state index is 0.0205. The van der Waals surface area contributed by atoms with Gasteiger partial charge in [0.25, 0.3) is 0 Å². The predicted molar refractivity (Wildman–Crippen MR) is 122 cm³/mol. The number of hydrogen-bond donors (Lipinski definition) is 1. The number of aliphatic carboxylic acids is 1. The lowest BCUT2D eigenvalue weighted by Gasteiger charge is -2.28. The van der Waals surface area contributed by atoms with Crippen molar-refractivity contribution in [3.05, 3.63) is 88.7 Å². The average Bonchev–Trinajstić information content (AvgIpc) is 3.62. The Kier molecular flexibility index (Phi) is 5.46. The first-order valence-corrected chi connectivity index (χ1v) is 11.4. The Morgan fingerprint density at radius 1 is 1.06 bits per heavy atom. The fraction of sp³-hybridized carbons (Fsp3) is 0.321. The molecule has 0 radical (unpaired) electrons. The minimum atomic E-state index is -0.769. The van der Waals surface area contributed by atoms with E-state index in [0.29, 0.717) is 17.9 Å². The number of rotatable bonds is 6. The smallest absolute Gasteiger partial charge is 0.303 e. The highest BCUT2D eigenvalue weighted by atomic mass is 19.1. The minimum Gasteiger partial charge on any atom is -0.485 e. The van der Waals surface area contributed by atoms with Crippen LogP contribution in [0.3, 0.4) is 0 Å². The van der Waals surface area contributed by atoms with E-state index in [2.05, 4.69) is 12.1 Å². The van der Waals surface area contributed by atoms with Gasteiger partial charge >= 0.3 is 5.97 Å². The second kappa shape index (κ2) is 8.42. The maximum Gasteiger partial charge on any atom is 0.303 e. The fourth-order valence-corrected chi connectivity index (χ4v) is 4.87. The molecule has 2 aliphatic rings. The Labute approximate surface area is 187 Å². The van der Waals surface area contributed by atoms with Crippen LogP contribution in [-0.2, 0) is 11.2 Å². The summed E-state index contributed by atoms with van der Waals surface area (Å²) in [5.74, 6) is 0.198. The van der Waals surface area contributed by atoms with Crippen LogP contribution in [0.5, 0.6) is 5.75 Å². The van der Waals surface area contributed by atoms with E-state index in [4.69, 9.17) is 4.74 Å². The van der Waals surface area contributed by atoms with Crippen LogP contribution < -0.4 is 4.74 Å². The van der Waals surface area contributed by atoms with Crippen molar-refractivity contribution in [2.45, 2.75) is 51.0 Å². The van der Waals surface area contributed by atoms with Crippen LogP contribution in [0, 0.1) is 18.7 Å². The number of aryl methyl sites for hydroxylation is 2. The summed E-state index contributed by atoms with van der Waals surface area (Å²) >= 11 is 0. The van der Waals surface area contributed by atoms with E-state index in [1.807, 2.05) is 49.4 Å². The molecular weight excluding hydrogens is 403 g/mol. The van der Waals surface area contributed by atoms with Crippen molar-refractivity contribution in [1.29, 1.82) is 0 Å². The summed E-state index contributed by atoms with van der Waals surface area (Å²) in [4.78, 5) is 11.4. The van der Waals surface area contributed by atoms with E-state index in [9.17, 15) is 9.90 Å². The average molecular weight is 431 g/mol. The van der Waals surface area contributed by atoms with Gasteiger partial charge in [0.05, 0.1) is 6.42 Å². The van der Waals surface area contributed by atoms with Gasteiger partial charge in [0.2, 0.25) is 0 Å². The maximum absolute atomic E-state index is 15.1. The molecule has 2 atom stereocenters. The van der Waals surface area contributed by atoms with Gasteiger partial charge in [-0.25, -0.2) is 4.39 Å². The van der Waals surface area contributed by atoms with Crippen molar-refractivity contribution in [3.63, 3.8) is 0 Å². The second-order valence-electron chi connectivity index (χ2n) is 9.16. The topological polar surface area (TPSA) is 46.5 Å². The first-order chi connectivity index (χ1) is 15.5. The summed E-state index contributed by atoms with van der Waals surface area (Å²) in [6.07, 6.45) is 3.49. The molecule has 32 heavy (non-hydrogen) atoms. The number of hydrogen-bond acceptors (Lipinski definition) is 2. The summed E-state index contributed by atoms with van der Waals surface area (Å²) in [5, 5.41) is 9.33. The van der Waals surface area contributed by atoms with Crippen molar-refractivity contribution in [1.82, 2.24) is 0 Å². The van der Waals surface area contributed by atoms with E-state index in [1.165, 1.54) is 0 Å². The molecule has 1 fully saturated rings. The van der Waals surface area contributed by atoms with Crippen molar-refractivity contribution in [2.24, 2.45) is 5.92 Å². The van der Waals surface area contributed by atoms with Gasteiger partial charge in [0.15, 0.2) is 0 Å². The molecule has 1 aliphatic heterocycles. The zero-order chi connectivity index (χ0) is 22.2. The molecule has 4 heteroatoms. The molecule has 1 N–H and O–H groups in total. The Morgan fingerprint density at radius 2 is 1.88 bits per heavy atom. The van der Waals surface area contributed by atoms with Gasteiger partial charge in [0, 0.05) is 5.56 Å². The third-order valence-electron chi connectivity index (χ3n) is 6.75. The number of carboxylic acid groups (broad SMARTS) is 1. The van der Waals surface area contributed by atoms with Gasteiger partial charge in [-0.3, -0.25) is 4.79 Å². The van der Waals surface area contributed by atoms with Crippen LogP contribution >= 0.6 is 0 Å². The molecule has 0 aromatic heterocycles. The van der Waals surface area contributed by atoms with Crippen molar-refractivity contribution in [2.75, 3.05) is 0 Å². The van der Waals surface area contributed by atoms with E-state index in [-0.39, 0.29) is 24.3 Å². The number of carboxylic acids is 1. The lowest BCUT2D eigenvalue weighted by atomic mass is 9.88. The van der Waals surface area contributed by atoms with Crippen LogP contribution in [0.25, 0.3) is 11.1 Å². The van der Waals surface area contributed by atoms with Gasteiger partial charge < -0.3 is 9.84 Å². The molecule has 0 bridgehead atoms. The largest absolute Gasteiger partial charge is 0.485 e. The molecular formula is C28H27FO3. The van der Waals surface area contributed by atoms with Crippen molar-refractivity contribution < 1.29 is 19.0 Å². The first kappa shape index (κ1) is 20.7. The number of ether oxygens (including phenoxy) is 1. The third-order valence-corrected chi connectivity index (χ3v) is 6.75. The van der Waals surface area contributed by atoms with Crippen LogP contribution in [-0.4, -0.2) is 11.1 Å². The summed E-state index contributed by atoms with van der Waals surface area (Å²) in [7, 11) is 0. The van der Waals surface area contributed by atoms with Crippen molar-refractivity contribution in [3.8, 4) is 16.9 Å². The van der Waals surface area contributed by atoms with Crippen LogP contribution in [0.1, 0.15) is 60.0 Å². The van der Waals surface area contributed by atoms with Crippen LogP contribution in [0.4, 0.5) is 4.39 Å².